The van der Waals surface area contributed by atoms with Crippen molar-refractivity contribution in [1.82, 2.24) is 4.90 Å². The second-order valence-electron chi connectivity index (χ2n) is 4.38. The average Bonchev–Trinajstić information content (AvgIpc) is 2.97. The Bertz CT molecular complexity index is 474. The molecular weight excluding hydrogens is 268 g/mol. The van der Waals surface area contributed by atoms with Crippen LogP contribution >= 0.6 is 11.3 Å². The third kappa shape index (κ3) is 3.52. The highest BCUT2D eigenvalue weighted by Crippen LogP contribution is 2.23. The topological polar surface area (TPSA) is 78.9 Å². The number of nitrogens with one attached hydrogen (secondary N) is 1. The van der Waals surface area contributed by atoms with Crippen LogP contribution in [0, 0.1) is 0 Å². The van der Waals surface area contributed by atoms with Gasteiger partial charge in [0.1, 0.15) is 4.88 Å². The van der Waals surface area contributed by atoms with E-state index in [2.05, 4.69) is 10.1 Å². The predicted molar refractivity (Wildman–Crippen MR) is 71.4 cm³/mol. The van der Waals surface area contributed by atoms with Crippen molar-refractivity contribution in [2.24, 2.45) is 0 Å². The zero-order chi connectivity index (χ0) is 13.8. The summed E-state index contributed by atoms with van der Waals surface area (Å²) in [5.74, 6) is -0.653. The Morgan fingerprint density at radius 2 is 2.42 bits per heavy atom. The maximum absolute atomic E-state index is 11.9. The number of hydrogen-bond acceptors (Lipinski definition) is 6. The van der Waals surface area contributed by atoms with Crippen molar-refractivity contribution >= 4 is 28.9 Å². The number of β-amino-alcohol motifs (C(OH)–C–C–N with tert-alkyl or cyclic N) is 1. The first-order valence-electron chi connectivity index (χ1n) is 5.96. The van der Waals surface area contributed by atoms with Crippen molar-refractivity contribution in [1.29, 1.82) is 0 Å². The van der Waals surface area contributed by atoms with E-state index >= 15 is 0 Å². The smallest absolute Gasteiger partial charge is 0.350 e. The highest BCUT2D eigenvalue weighted by Gasteiger charge is 2.23. The summed E-state index contributed by atoms with van der Waals surface area (Å²) >= 11 is 1.22. The van der Waals surface area contributed by atoms with E-state index in [4.69, 9.17) is 0 Å². The van der Waals surface area contributed by atoms with E-state index in [9.17, 15) is 14.7 Å². The molecule has 6 nitrogen and oxygen atoms in total. The van der Waals surface area contributed by atoms with Crippen LogP contribution < -0.4 is 5.32 Å². The summed E-state index contributed by atoms with van der Waals surface area (Å²) in [5.41, 5.74) is 0.474. The summed E-state index contributed by atoms with van der Waals surface area (Å²) in [7, 11) is 1.30. The molecule has 1 aliphatic heterocycles. The van der Waals surface area contributed by atoms with Crippen LogP contribution in [0.2, 0.25) is 0 Å². The largest absolute Gasteiger partial charge is 0.465 e. The number of ether oxygens (including phenoxy) is 1. The molecular formula is C12H16N2O4S. The summed E-state index contributed by atoms with van der Waals surface area (Å²) in [6, 6.07) is 1.67. The van der Waals surface area contributed by atoms with Crippen LogP contribution in [0.3, 0.4) is 0 Å². The van der Waals surface area contributed by atoms with Gasteiger partial charge in [-0.3, -0.25) is 9.69 Å². The molecule has 1 atom stereocenters. The van der Waals surface area contributed by atoms with Gasteiger partial charge < -0.3 is 15.2 Å². The van der Waals surface area contributed by atoms with E-state index in [1.54, 1.807) is 11.4 Å². The van der Waals surface area contributed by atoms with Gasteiger partial charge in [0.25, 0.3) is 0 Å². The monoisotopic (exact) mass is 284 g/mol. The molecule has 7 heteroatoms. The number of esters is 1. The van der Waals surface area contributed by atoms with E-state index in [-0.39, 0.29) is 18.6 Å². The first kappa shape index (κ1) is 14.0. The molecule has 0 aliphatic carbocycles. The Balaban J connectivity index is 1.92. The van der Waals surface area contributed by atoms with Crippen LogP contribution in [0.1, 0.15) is 16.1 Å². The Morgan fingerprint density at radius 3 is 3.05 bits per heavy atom. The fraction of sp³-hybridized carbons (Fsp3) is 0.500. The molecule has 1 aromatic rings. The van der Waals surface area contributed by atoms with Crippen molar-refractivity contribution in [2.75, 3.05) is 32.1 Å². The van der Waals surface area contributed by atoms with Crippen molar-refractivity contribution in [3.63, 3.8) is 0 Å². The molecule has 19 heavy (non-hydrogen) atoms. The highest BCUT2D eigenvalue weighted by molar-refractivity contribution is 7.12. The third-order valence-electron chi connectivity index (χ3n) is 2.92. The van der Waals surface area contributed by atoms with Gasteiger partial charge in [0.15, 0.2) is 0 Å². The van der Waals surface area contributed by atoms with Gasteiger partial charge >= 0.3 is 5.97 Å². The minimum Gasteiger partial charge on any atom is -0.465 e. The number of aliphatic hydroxyl groups is 1. The van der Waals surface area contributed by atoms with Crippen LogP contribution in [0.25, 0.3) is 0 Å². The van der Waals surface area contributed by atoms with Gasteiger partial charge in [-0.05, 0) is 17.9 Å². The second-order valence-corrected chi connectivity index (χ2v) is 5.30. The zero-order valence-corrected chi connectivity index (χ0v) is 11.4. The molecule has 0 aromatic carbocycles. The lowest BCUT2D eigenvalue weighted by Gasteiger charge is -2.14. The van der Waals surface area contributed by atoms with E-state index < -0.39 is 5.97 Å². The lowest BCUT2D eigenvalue weighted by Crippen LogP contribution is -2.32. The summed E-state index contributed by atoms with van der Waals surface area (Å²) < 4.78 is 4.64. The van der Waals surface area contributed by atoms with Gasteiger partial charge in [0.05, 0.1) is 25.4 Å². The molecule has 2 N–H and O–H groups in total. The number of rotatable bonds is 4. The molecule has 1 fully saturated rings. The summed E-state index contributed by atoms with van der Waals surface area (Å²) in [6.07, 6.45) is 0.346. The minimum atomic E-state index is -0.457. The Hall–Kier alpha value is -1.44. The molecule has 1 aliphatic rings. The SMILES string of the molecule is COC(=O)c1sccc1NC(=O)CN1CC[C@@H](O)C1. The standard InChI is InChI=1S/C12H16N2O4S/c1-18-12(17)11-9(3-5-19-11)13-10(16)7-14-4-2-8(15)6-14/h3,5,8,15H,2,4,6-7H2,1H3,(H,13,16)/t8-/m1/s1. The number of methoxy groups -OCH3 is 1. The Morgan fingerprint density at radius 1 is 1.63 bits per heavy atom. The molecule has 0 radical (unpaired) electrons. The molecule has 1 amide bonds. The lowest BCUT2D eigenvalue weighted by atomic mass is 10.3. The minimum absolute atomic E-state index is 0.197. The van der Waals surface area contributed by atoms with Gasteiger partial charge in [-0.15, -0.1) is 11.3 Å². The van der Waals surface area contributed by atoms with Gasteiger partial charge in [-0.1, -0.05) is 0 Å². The molecule has 2 heterocycles. The van der Waals surface area contributed by atoms with Crippen LogP contribution in [0.15, 0.2) is 11.4 Å². The zero-order valence-electron chi connectivity index (χ0n) is 10.6. The van der Waals surface area contributed by atoms with E-state index in [1.807, 2.05) is 4.90 Å². The van der Waals surface area contributed by atoms with Gasteiger partial charge in [0, 0.05) is 13.1 Å². The van der Waals surface area contributed by atoms with Gasteiger partial charge in [-0.2, -0.15) is 0 Å². The summed E-state index contributed by atoms with van der Waals surface area (Å²) in [5, 5.41) is 13.8. The number of carbonyl (C=O) groups excluding carboxylic acids is 2. The lowest BCUT2D eigenvalue weighted by molar-refractivity contribution is -0.117. The van der Waals surface area contributed by atoms with Crippen LogP contribution in [-0.4, -0.2) is 54.7 Å². The van der Waals surface area contributed by atoms with Crippen molar-refractivity contribution in [2.45, 2.75) is 12.5 Å². The highest BCUT2D eigenvalue weighted by atomic mass is 32.1. The fourth-order valence-electron chi connectivity index (χ4n) is 2.01. The van der Waals surface area contributed by atoms with Gasteiger partial charge in [0.2, 0.25) is 5.91 Å². The number of anilines is 1. The number of aliphatic hydroxyl groups excluding tert-OH is 1. The van der Waals surface area contributed by atoms with Crippen molar-refractivity contribution in [3.05, 3.63) is 16.3 Å². The van der Waals surface area contributed by atoms with Crippen molar-refractivity contribution in [3.8, 4) is 0 Å². The summed E-state index contributed by atoms with van der Waals surface area (Å²) in [6.45, 7) is 1.44. The number of amides is 1. The normalized spacial score (nSPS) is 19.4. The van der Waals surface area contributed by atoms with Crippen LogP contribution in [0.4, 0.5) is 5.69 Å². The molecule has 1 saturated heterocycles. The first-order chi connectivity index (χ1) is 9.10. The Labute approximate surface area is 115 Å². The fourth-order valence-corrected chi connectivity index (χ4v) is 2.77. The molecule has 0 unspecified atom stereocenters. The molecule has 2 rings (SSSR count). The molecule has 1 aromatic heterocycles. The summed E-state index contributed by atoms with van der Waals surface area (Å²) in [4.78, 5) is 25.6. The Kier molecular flexibility index (Phi) is 4.52. The van der Waals surface area contributed by atoms with Crippen LogP contribution in [0.5, 0.6) is 0 Å². The first-order valence-corrected chi connectivity index (χ1v) is 6.84. The third-order valence-corrected chi connectivity index (χ3v) is 3.82. The molecule has 104 valence electrons. The van der Waals surface area contributed by atoms with Gasteiger partial charge in [-0.25, -0.2) is 4.79 Å². The quantitative estimate of drug-likeness (QED) is 0.789. The maximum atomic E-state index is 11.9. The number of likely N-dealkylation sites (tertiary alicyclic amines) is 1. The molecule has 0 saturated carbocycles. The number of hydrogen-bond donors (Lipinski definition) is 2. The van der Waals surface area contributed by atoms with E-state index in [0.29, 0.717) is 30.1 Å². The number of nitrogens with zero attached hydrogens (tertiary/aromatic N) is 1. The number of carbonyl (C=O) groups is 2. The second kappa shape index (κ2) is 6.14. The molecule has 0 spiro atoms. The average molecular weight is 284 g/mol. The molecule has 0 bridgehead atoms. The van der Waals surface area contributed by atoms with Crippen molar-refractivity contribution < 1.29 is 19.4 Å². The van der Waals surface area contributed by atoms with E-state index in [0.717, 1.165) is 0 Å². The van der Waals surface area contributed by atoms with E-state index in [1.165, 1.54) is 18.4 Å². The van der Waals surface area contributed by atoms with Crippen LogP contribution in [-0.2, 0) is 9.53 Å². The maximum Gasteiger partial charge on any atom is 0.350 e. The number of thiophene rings is 1. The predicted octanol–water partition coefficient (Wildman–Crippen LogP) is 0.540.